The Bertz CT molecular complexity index is 311. The first kappa shape index (κ1) is 15.2. The summed E-state index contributed by atoms with van der Waals surface area (Å²) in [6.07, 6.45) is 5.16. The fourth-order valence-electron chi connectivity index (χ4n) is 3.34. The number of nitrogens with one attached hydrogen (secondary N) is 1. The first-order valence-corrected chi connectivity index (χ1v) is 8.66. The first-order valence-electron chi connectivity index (χ1n) is 7.50. The minimum atomic E-state index is -0.600. The van der Waals surface area contributed by atoms with E-state index in [4.69, 9.17) is 5.11 Å². The number of carboxylic acids is 1. The lowest BCUT2D eigenvalue weighted by atomic mass is 9.81. The summed E-state index contributed by atoms with van der Waals surface area (Å²) >= 11 is 2.06. The molecule has 4 heteroatoms. The third-order valence-electron chi connectivity index (χ3n) is 4.50. The molecule has 1 aliphatic heterocycles. The third kappa shape index (κ3) is 4.67. The summed E-state index contributed by atoms with van der Waals surface area (Å²) in [6, 6.07) is 0.644. The van der Waals surface area contributed by atoms with Gasteiger partial charge in [0.05, 0.1) is 5.92 Å². The first-order chi connectivity index (χ1) is 8.96. The molecule has 110 valence electrons. The Morgan fingerprint density at radius 2 is 2.00 bits per heavy atom. The summed E-state index contributed by atoms with van der Waals surface area (Å²) in [6.45, 7) is 5.78. The highest BCUT2D eigenvalue weighted by Gasteiger charge is 2.30. The highest BCUT2D eigenvalue weighted by Crippen LogP contribution is 2.34. The molecule has 0 spiro atoms. The number of thioether (sulfide) groups is 1. The average molecular weight is 285 g/mol. The Kier molecular flexibility index (Phi) is 5.18. The molecule has 1 aliphatic carbocycles. The van der Waals surface area contributed by atoms with Crippen LogP contribution < -0.4 is 5.32 Å². The number of carbonyl (C=O) groups is 1. The maximum atomic E-state index is 10.9. The van der Waals surface area contributed by atoms with Gasteiger partial charge in [-0.3, -0.25) is 4.79 Å². The van der Waals surface area contributed by atoms with Gasteiger partial charge in [0.25, 0.3) is 0 Å². The molecule has 1 heterocycles. The van der Waals surface area contributed by atoms with Crippen LogP contribution >= 0.6 is 11.8 Å². The van der Waals surface area contributed by atoms with Crippen molar-refractivity contribution in [2.45, 2.75) is 52.0 Å². The lowest BCUT2D eigenvalue weighted by Crippen LogP contribution is -2.42. The highest BCUT2D eigenvalue weighted by molar-refractivity contribution is 7.99. The minimum absolute atomic E-state index is 0.0829. The summed E-state index contributed by atoms with van der Waals surface area (Å²) in [5.41, 5.74) is 0.460. The Balaban J connectivity index is 1.68. The number of hydrogen-bond donors (Lipinski definition) is 2. The van der Waals surface area contributed by atoms with Crippen molar-refractivity contribution in [3.63, 3.8) is 0 Å². The Hall–Kier alpha value is -0.220. The van der Waals surface area contributed by atoms with Crippen LogP contribution in [-0.2, 0) is 4.79 Å². The molecule has 2 fully saturated rings. The Labute approximate surface area is 120 Å². The van der Waals surface area contributed by atoms with E-state index < -0.39 is 5.97 Å². The summed E-state index contributed by atoms with van der Waals surface area (Å²) in [5, 5.41) is 12.7. The normalized spacial score (nSPS) is 34.9. The predicted octanol–water partition coefficient (Wildman–Crippen LogP) is 3.00. The van der Waals surface area contributed by atoms with Crippen LogP contribution in [0.25, 0.3) is 0 Å². The van der Waals surface area contributed by atoms with Gasteiger partial charge in [-0.2, -0.15) is 11.8 Å². The molecule has 3 nitrogen and oxygen atoms in total. The van der Waals surface area contributed by atoms with Crippen LogP contribution in [0.4, 0.5) is 0 Å². The van der Waals surface area contributed by atoms with Crippen molar-refractivity contribution in [1.29, 1.82) is 0 Å². The fourth-order valence-corrected chi connectivity index (χ4v) is 4.65. The smallest absolute Gasteiger partial charge is 0.306 e. The van der Waals surface area contributed by atoms with E-state index in [0.717, 1.165) is 32.2 Å². The van der Waals surface area contributed by atoms with Gasteiger partial charge in [-0.15, -0.1) is 0 Å². The van der Waals surface area contributed by atoms with Crippen LogP contribution in [0, 0.1) is 17.3 Å². The Morgan fingerprint density at radius 1 is 1.32 bits per heavy atom. The largest absolute Gasteiger partial charge is 0.481 e. The minimum Gasteiger partial charge on any atom is -0.481 e. The van der Waals surface area contributed by atoms with Gasteiger partial charge in [-0.25, -0.2) is 0 Å². The number of hydrogen-bond acceptors (Lipinski definition) is 3. The van der Waals surface area contributed by atoms with Crippen molar-refractivity contribution in [1.82, 2.24) is 5.32 Å². The molecule has 2 rings (SSSR count). The second-order valence-electron chi connectivity index (χ2n) is 7.04. The molecule has 0 aromatic rings. The SMILES string of the molecule is CC1(C)CSCC(NCC2CCC(C(=O)O)CC2)C1. The summed E-state index contributed by atoms with van der Waals surface area (Å²) in [7, 11) is 0. The molecule has 19 heavy (non-hydrogen) atoms. The summed E-state index contributed by atoms with van der Waals surface area (Å²) in [4.78, 5) is 10.9. The van der Waals surface area contributed by atoms with E-state index in [2.05, 4.69) is 30.9 Å². The van der Waals surface area contributed by atoms with Gasteiger partial charge in [0.15, 0.2) is 0 Å². The van der Waals surface area contributed by atoms with E-state index in [0.29, 0.717) is 17.4 Å². The molecule has 2 N–H and O–H groups in total. The fraction of sp³-hybridized carbons (Fsp3) is 0.933. The highest BCUT2D eigenvalue weighted by atomic mass is 32.2. The van der Waals surface area contributed by atoms with Crippen LogP contribution in [0.3, 0.4) is 0 Å². The molecule has 0 aromatic heterocycles. The molecule has 0 aromatic carbocycles. The number of aliphatic carboxylic acids is 1. The maximum absolute atomic E-state index is 10.9. The van der Waals surface area contributed by atoms with Gasteiger partial charge >= 0.3 is 5.97 Å². The van der Waals surface area contributed by atoms with Crippen molar-refractivity contribution in [3.05, 3.63) is 0 Å². The van der Waals surface area contributed by atoms with E-state index in [1.165, 1.54) is 17.9 Å². The third-order valence-corrected chi connectivity index (χ3v) is 6.13. The number of rotatable bonds is 4. The van der Waals surface area contributed by atoms with Crippen molar-refractivity contribution in [3.8, 4) is 0 Å². The number of carboxylic acid groups (broad SMARTS) is 1. The molecular weight excluding hydrogens is 258 g/mol. The van der Waals surface area contributed by atoms with Crippen LogP contribution in [-0.4, -0.2) is 35.2 Å². The van der Waals surface area contributed by atoms with E-state index >= 15 is 0 Å². The van der Waals surface area contributed by atoms with Gasteiger partial charge in [-0.05, 0) is 55.7 Å². The monoisotopic (exact) mass is 285 g/mol. The van der Waals surface area contributed by atoms with E-state index in [1.54, 1.807) is 0 Å². The van der Waals surface area contributed by atoms with Crippen molar-refractivity contribution < 1.29 is 9.90 Å². The predicted molar refractivity (Wildman–Crippen MR) is 80.6 cm³/mol. The maximum Gasteiger partial charge on any atom is 0.306 e. The van der Waals surface area contributed by atoms with E-state index in [-0.39, 0.29) is 5.92 Å². The van der Waals surface area contributed by atoms with E-state index in [1.807, 2.05) is 0 Å². The van der Waals surface area contributed by atoms with Gasteiger partial charge < -0.3 is 10.4 Å². The average Bonchev–Trinajstić information content (AvgIpc) is 2.36. The molecule has 2 aliphatic rings. The van der Waals surface area contributed by atoms with Gasteiger partial charge in [0.2, 0.25) is 0 Å². The van der Waals surface area contributed by atoms with Crippen LogP contribution in [0.15, 0.2) is 0 Å². The lowest BCUT2D eigenvalue weighted by Gasteiger charge is -2.36. The van der Waals surface area contributed by atoms with Gasteiger partial charge in [-0.1, -0.05) is 13.8 Å². The molecule has 1 saturated heterocycles. The standard InChI is InChI=1S/C15H27NO2S/c1-15(2)7-13(9-19-10-15)16-8-11-3-5-12(6-4-11)14(17)18/h11-13,16H,3-10H2,1-2H3,(H,17,18). The van der Waals surface area contributed by atoms with Crippen LogP contribution in [0.1, 0.15) is 46.0 Å². The molecule has 0 amide bonds. The van der Waals surface area contributed by atoms with Crippen LogP contribution in [0.5, 0.6) is 0 Å². The summed E-state index contributed by atoms with van der Waals surface area (Å²) < 4.78 is 0. The van der Waals surface area contributed by atoms with Gasteiger partial charge in [0.1, 0.15) is 0 Å². The second kappa shape index (κ2) is 6.49. The zero-order chi connectivity index (χ0) is 13.9. The van der Waals surface area contributed by atoms with Crippen molar-refractivity contribution >= 4 is 17.7 Å². The zero-order valence-electron chi connectivity index (χ0n) is 12.2. The quantitative estimate of drug-likeness (QED) is 0.833. The Morgan fingerprint density at radius 3 is 2.58 bits per heavy atom. The van der Waals surface area contributed by atoms with Crippen molar-refractivity contribution in [2.75, 3.05) is 18.1 Å². The van der Waals surface area contributed by atoms with Gasteiger partial charge in [0, 0.05) is 11.8 Å². The zero-order valence-corrected chi connectivity index (χ0v) is 13.0. The lowest BCUT2D eigenvalue weighted by molar-refractivity contribution is -0.143. The molecular formula is C15H27NO2S. The molecule has 0 bridgehead atoms. The second-order valence-corrected chi connectivity index (χ2v) is 8.07. The molecule has 1 unspecified atom stereocenters. The summed E-state index contributed by atoms with van der Waals surface area (Å²) in [5.74, 6) is 2.51. The van der Waals surface area contributed by atoms with Crippen LogP contribution in [0.2, 0.25) is 0 Å². The molecule has 1 atom stereocenters. The van der Waals surface area contributed by atoms with E-state index in [9.17, 15) is 4.79 Å². The topological polar surface area (TPSA) is 49.3 Å². The molecule has 1 saturated carbocycles. The van der Waals surface area contributed by atoms with Crippen molar-refractivity contribution in [2.24, 2.45) is 17.3 Å². The molecule has 0 radical (unpaired) electrons.